The summed E-state index contributed by atoms with van der Waals surface area (Å²) in [6, 6.07) is -1.02. The van der Waals surface area contributed by atoms with Gasteiger partial charge in [-0.05, 0) is 0 Å². The maximum atomic E-state index is 12.5. The highest BCUT2D eigenvalue weighted by molar-refractivity contribution is 8.00. The van der Waals surface area contributed by atoms with Gasteiger partial charge in [-0.2, -0.15) is 0 Å². The van der Waals surface area contributed by atoms with Crippen molar-refractivity contribution in [3.63, 3.8) is 0 Å². The summed E-state index contributed by atoms with van der Waals surface area (Å²) in [6.45, 7) is 2.49. The van der Waals surface area contributed by atoms with Crippen LogP contribution in [-0.2, 0) is 33.5 Å². The van der Waals surface area contributed by atoms with Gasteiger partial charge in [-0.3, -0.25) is 24.1 Å². The Morgan fingerprint density at radius 1 is 1.36 bits per heavy atom. The van der Waals surface area contributed by atoms with E-state index in [1.807, 2.05) is 0 Å². The number of ketones is 1. The van der Waals surface area contributed by atoms with Gasteiger partial charge in [0.05, 0.1) is 0 Å². The van der Waals surface area contributed by atoms with Gasteiger partial charge in [0.15, 0.2) is 5.78 Å². The number of fused-ring (bicyclic) bond motifs is 1. The first kappa shape index (κ1) is 21.4. The van der Waals surface area contributed by atoms with Crippen molar-refractivity contribution in [1.29, 1.82) is 0 Å². The Bertz CT molecular complexity index is 791. The Hall–Kier alpha value is -2.89. The van der Waals surface area contributed by atoms with Gasteiger partial charge >= 0.3 is 11.9 Å². The molecule has 2 aliphatic rings. The molecular formula is C16H19N3O8S. The first-order valence-corrected chi connectivity index (χ1v) is 9.26. The third-order valence-corrected chi connectivity index (χ3v) is 5.31. The van der Waals surface area contributed by atoms with E-state index in [-0.39, 0.29) is 30.1 Å². The lowest BCUT2D eigenvalue weighted by atomic mass is 10.0. The summed E-state index contributed by atoms with van der Waals surface area (Å²) < 4.78 is 4.84. The highest BCUT2D eigenvalue weighted by Crippen LogP contribution is 2.40. The molecule has 28 heavy (non-hydrogen) atoms. The van der Waals surface area contributed by atoms with Crippen LogP contribution in [0.15, 0.2) is 16.4 Å². The van der Waals surface area contributed by atoms with E-state index in [9.17, 15) is 29.1 Å². The minimum absolute atomic E-state index is 0.0178. The molecule has 2 amide bonds. The highest BCUT2D eigenvalue weighted by atomic mass is 32.2. The lowest BCUT2D eigenvalue weighted by Gasteiger charge is -2.49. The Labute approximate surface area is 164 Å². The smallest absolute Gasteiger partial charge is 0.352 e. The number of nitrogens with zero attached hydrogens (tertiary/aromatic N) is 2. The average molecular weight is 413 g/mol. The number of rotatable bonds is 8. The van der Waals surface area contributed by atoms with E-state index in [0.717, 1.165) is 4.90 Å². The molecule has 1 saturated heterocycles. The van der Waals surface area contributed by atoms with Gasteiger partial charge in [0.25, 0.3) is 11.8 Å². The number of hydrogen-bond acceptors (Lipinski definition) is 9. The first-order chi connectivity index (χ1) is 13.2. The monoisotopic (exact) mass is 413 g/mol. The maximum absolute atomic E-state index is 12.5. The second-order valence-corrected chi connectivity index (χ2v) is 6.90. The number of aliphatic carboxylic acids is 1. The van der Waals surface area contributed by atoms with Crippen LogP contribution in [0.1, 0.15) is 20.3 Å². The fourth-order valence-corrected chi connectivity index (χ4v) is 4.00. The molecule has 2 heterocycles. The van der Waals surface area contributed by atoms with E-state index < -0.39 is 46.7 Å². The predicted molar refractivity (Wildman–Crippen MR) is 96.1 cm³/mol. The Morgan fingerprint density at radius 2 is 2.04 bits per heavy atom. The third kappa shape index (κ3) is 4.16. The van der Waals surface area contributed by atoms with Crippen LogP contribution in [0, 0.1) is 0 Å². The van der Waals surface area contributed by atoms with Crippen molar-refractivity contribution >= 4 is 47.0 Å². The van der Waals surface area contributed by atoms with E-state index >= 15 is 0 Å². The van der Waals surface area contributed by atoms with Gasteiger partial charge < -0.3 is 20.0 Å². The van der Waals surface area contributed by atoms with Crippen LogP contribution in [0.25, 0.3) is 0 Å². The van der Waals surface area contributed by atoms with Crippen molar-refractivity contribution < 1.29 is 38.7 Å². The van der Waals surface area contributed by atoms with E-state index in [1.54, 1.807) is 6.92 Å². The summed E-state index contributed by atoms with van der Waals surface area (Å²) in [5, 5.41) is 14.6. The SMILES string of the molecule is CCC(=O)C(=NOC)C(=O)N[C@@H]1C(=O)N2C(C(=O)O)=C(COC(C)=O)CS[C@H]12. The summed E-state index contributed by atoms with van der Waals surface area (Å²) in [7, 11) is 1.18. The van der Waals surface area contributed by atoms with Gasteiger partial charge in [0.2, 0.25) is 5.71 Å². The number of thioether (sulfide) groups is 1. The molecule has 152 valence electrons. The van der Waals surface area contributed by atoms with E-state index in [4.69, 9.17) is 4.74 Å². The molecule has 2 atom stereocenters. The second-order valence-electron chi connectivity index (χ2n) is 5.80. The zero-order valence-corrected chi connectivity index (χ0v) is 16.2. The molecule has 0 unspecified atom stereocenters. The Kier molecular flexibility index (Phi) is 6.78. The number of carboxylic acid groups (broad SMARTS) is 1. The maximum Gasteiger partial charge on any atom is 0.352 e. The summed E-state index contributed by atoms with van der Waals surface area (Å²) in [4.78, 5) is 64.7. The lowest BCUT2D eigenvalue weighted by molar-refractivity contribution is -0.150. The van der Waals surface area contributed by atoms with Gasteiger partial charge in [-0.1, -0.05) is 12.1 Å². The van der Waals surface area contributed by atoms with Crippen LogP contribution in [-0.4, -0.2) is 76.1 Å². The quantitative estimate of drug-likeness (QED) is 0.172. The minimum Gasteiger partial charge on any atom is -0.477 e. The van der Waals surface area contributed by atoms with Crippen molar-refractivity contribution in [1.82, 2.24) is 10.2 Å². The Balaban J connectivity index is 2.18. The number of β-lactam (4-membered cyclic amide) rings is 1. The molecule has 0 aliphatic carbocycles. The summed E-state index contributed by atoms with van der Waals surface area (Å²) in [6.07, 6.45) is 0.0178. The number of carboxylic acids is 1. The van der Waals surface area contributed by atoms with Crippen LogP contribution < -0.4 is 5.32 Å². The average Bonchev–Trinajstić information content (AvgIpc) is 2.66. The number of Topliss-reactive ketones (excluding diaryl/α,β-unsaturated/α-hetero) is 1. The molecule has 0 saturated carbocycles. The topological polar surface area (TPSA) is 152 Å². The van der Waals surface area contributed by atoms with Crippen LogP contribution in [0.3, 0.4) is 0 Å². The van der Waals surface area contributed by atoms with Crippen LogP contribution >= 0.6 is 11.8 Å². The molecule has 2 N–H and O–H groups in total. The fourth-order valence-electron chi connectivity index (χ4n) is 2.67. The molecule has 2 rings (SSSR count). The molecule has 0 spiro atoms. The second kappa shape index (κ2) is 8.87. The molecule has 0 bridgehead atoms. The molecule has 12 heteroatoms. The fraction of sp³-hybridized carbons (Fsp3) is 0.500. The number of oxime groups is 1. The molecular weight excluding hydrogens is 394 g/mol. The molecule has 1 fully saturated rings. The van der Waals surface area contributed by atoms with Gasteiger partial charge in [0.1, 0.15) is 30.8 Å². The lowest BCUT2D eigenvalue weighted by Crippen LogP contribution is -2.71. The molecule has 0 radical (unpaired) electrons. The van der Waals surface area contributed by atoms with Crippen LogP contribution in [0.4, 0.5) is 0 Å². The van der Waals surface area contributed by atoms with Crippen molar-refractivity contribution in [2.75, 3.05) is 19.5 Å². The van der Waals surface area contributed by atoms with Crippen LogP contribution in [0.5, 0.6) is 0 Å². The van der Waals surface area contributed by atoms with Gasteiger partial charge in [-0.15, -0.1) is 11.8 Å². The number of hydrogen-bond donors (Lipinski definition) is 2. The number of carbonyl (C=O) groups excluding carboxylic acids is 4. The Morgan fingerprint density at radius 3 is 2.57 bits per heavy atom. The summed E-state index contributed by atoms with van der Waals surface area (Å²) >= 11 is 1.21. The van der Waals surface area contributed by atoms with Crippen molar-refractivity contribution in [2.45, 2.75) is 31.7 Å². The number of amides is 2. The number of ether oxygens (including phenoxy) is 1. The third-order valence-electron chi connectivity index (χ3n) is 3.97. The zero-order valence-electron chi connectivity index (χ0n) is 15.4. The highest BCUT2D eigenvalue weighted by Gasteiger charge is 2.54. The van der Waals surface area contributed by atoms with E-state index in [0.29, 0.717) is 0 Å². The molecule has 0 aromatic heterocycles. The van der Waals surface area contributed by atoms with Gasteiger partial charge in [0, 0.05) is 24.7 Å². The molecule has 2 aliphatic heterocycles. The molecule has 0 aromatic carbocycles. The number of carbonyl (C=O) groups is 5. The molecule has 11 nitrogen and oxygen atoms in total. The molecule has 0 aromatic rings. The summed E-state index contributed by atoms with van der Waals surface area (Å²) in [5.74, 6) is -3.80. The predicted octanol–water partition coefficient (Wildman–Crippen LogP) is -0.730. The largest absolute Gasteiger partial charge is 0.477 e. The van der Waals surface area contributed by atoms with E-state index in [2.05, 4.69) is 15.3 Å². The minimum atomic E-state index is -1.34. The number of esters is 1. The van der Waals surface area contributed by atoms with Gasteiger partial charge in [-0.25, -0.2) is 4.79 Å². The summed E-state index contributed by atoms with van der Waals surface area (Å²) in [5.41, 5.74) is -0.456. The first-order valence-electron chi connectivity index (χ1n) is 8.21. The van der Waals surface area contributed by atoms with Crippen molar-refractivity contribution in [3.05, 3.63) is 11.3 Å². The van der Waals surface area contributed by atoms with Crippen molar-refractivity contribution in [2.24, 2.45) is 5.16 Å². The normalized spacial score (nSPS) is 21.5. The van der Waals surface area contributed by atoms with Crippen molar-refractivity contribution in [3.8, 4) is 0 Å². The van der Waals surface area contributed by atoms with E-state index in [1.165, 1.54) is 25.8 Å². The number of nitrogens with one attached hydrogen (secondary N) is 1. The standard InChI is InChI=1S/C16H19N3O8S/c1-4-9(21)10(18-26-3)13(22)17-11-14(23)19-12(16(24)25)8(5-27-7(2)20)6-28-15(11)19/h11,15H,4-6H2,1-3H3,(H,17,22)(H,24,25)/t11-,15-/m1/s1. The van der Waals surface area contributed by atoms with Crippen LogP contribution in [0.2, 0.25) is 0 Å². The zero-order chi connectivity index (χ0) is 21.0.